The van der Waals surface area contributed by atoms with Crippen LogP contribution in [0.25, 0.3) is 66.4 Å². The molecule has 1 aliphatic heterocycles. The van der Waals surface area contributed by atoms with Gasteiger partial charge < -0.3 is 4.74 Å². The Morgan fingerprint density at radius 1 is 0.852 bits per heavy atom. The molecule has 0 aliphatic carbocycles. The fourth-order valence-electron chi connectivity index (χ4n) is 7.40. The fraction of sp³-hybridized carbons (Fsp3) is 0.158. The molecule has 10 rings (SSSR count). The lowest BCUT2D eigenvalue weighted by Gasteiger charge is -2.27. The number of nitriles is 1. The van der Waals surface area contributed by atoms with Crippen molar-refractivity contribution in [3.63, 3.8) is 0 Å². The minimum atomic E-state index is -0.754. The number of aromatic nitrogens is 8. The monoisotopic (exact) mass is 920 g/mol. The highest BCUT2D eigenvalue weighted by atomic mass is 79.9. The van der Waals surface area contributed by atoms with Gasteiger partial charge in [-0.2, -0.15) is 24.1 Å². The second kappa shape index (κ2) is 13.9. The van der Waals surface area contributed by atoms with Crippen molar-refractivity contribution in [2.75, 3.05) is 16.7 Å². The van der Waals surface area contributed by atoms with E-state index in [4.69, 9.17) is 35.2 Å². The molecule has 9 aromatic rings. The number of nitro groups is 1. The smallest absolute Gasteiger partial charge is 0.342 e. The number of carbonyl (C=O) groups is 1. The van der Waals surface area contributed by atoms with Crippen LogP contribution in [-0.4, -0.2) is 57.2 Å². The maximum Gasteiger partial charge on any atom is 0.342 e. The molecule has 302 valence electrons. The molecule has 1 aliphatic rings. The van der Waals surface area contributed by atoms with Gasteiger partial charge in [0.15, 0.2) is 5.52 Å². The summed E-state index contributed by atoms with van der Waals surface area (Å²) in [5.41, 5.74) is 3.09. The van der Waals surface area contributed by atoms with Gasteiger partial charge in [-0.3, -0.25) is 10.1 Å². The van der Waals surface area contributed by atoms with Gasteiger partial charge in [-0.05, 0) is 113 Å². The van der Waals surface area contributed by atoms with Crippen LogP contribution in [0.1, 0.15) is 49.2 Å². The molecule has 0 fully saturated rings. The Labute approximate surface area is 357 Å². The molecule has 0 N–H and O–H groups in total. The number of ether oxygens (including phenoxy) is 1. The molecule has 0 bridgehead atoms. The van der Waals surface area contributed by atoms with Crippen LogP contribution >= 0.6 is 39.3 Å². The number of nitro benzene ring substituents is 1. The van der Waals surface area contributed by atoms with E-state index in [1.165, 1.54) is 22.3 Å². The molecular weight excluding hydrogens is 900 g/mol. The molecule has 23 heteroatoms. The lowest BCUT2D eigenvalue weighted by molar-refractivity contribution is -0.384. The summed E-state index contributed by atoms with van der Waals surface area (Å²) in [5.74, 6) is -0.754. The van der Waals surface area contributed by atoms with Gasteiger partial charge in [0.2, 0.25) is 0 Å². The molecular formula is C38H22BrClN12O8S. The first-order valence-electron chi connectivity index (χ1n) is 18.0. The van der Waals surface area contributed by atoms with Gasteiger partial charge in [0.1, 0.15) is 61.6 Å². The van der Waals surface area contributed by atoms with Crippen LogP contribution in [0.4, 0.5) is 28.4 Å². The van der Waals surface area contributed by atoms with Gasteiger partial charge in [-0.1, -0.05) is 32.4 Å². The Bertz CT molecular complexity index is 3390. The van der Waals surface area contributed by atoms with Crippen LogP contribution in [0.15, 0.2) is 66.9 Å². The van der Waals surface area contributed by atoms with Crippen molar-refractivity contribution in [3.05, 3.63) is 84.8 Å². The van der Waals surface area contributed by atoms with E-state index in [1.54, 1.807) is 43.3 Å². The zero-order valence-corrected chi connectivity index (χ0v) is 34.8. The third-order valence-corrected chi connectivity index (χ3v) is 11.7. The summed E-state index contributed by atoms with van der Waals surface area (Å²) in [4.78, 5) is 33.4. The molecule has 5 heterocycles. The van der Waals surface area contributed by atoms with E-state index in [-0.39, 0.29) is 78.7 Å². The molecule has 0 unspecified atom stereocenters. The van der Waals surface area contributed by atoms with Gasteiger partial charge >= 0.3 is 5.97 Å². The van der Waals surface area contributed by atoms with Crippen LogP contribution in [-0.2, 0) is 15.1 Å². The first-order chi connectivity index (χ1) is 29.4. The van der Waals surface area contributed by atoms with Gasteiger partial charge in [0, 0.05) is 17.2 Å². The second-order valence-corrected chi connectivity index (χ2v) is 16.2. The Balaban J connectivity index is 1.42. The van der Waals surface area contributed by atoms with Crippen molar-refractivity contribution in [3.8, 4) is 28.3 Å². The number of rotatable bonds is 7. The molecule has 0 saturated heterocycles. The zero-order valence-electron chi connectivity index (χ0n) is 31.6. The van der Waals surface area contributed by atoms with Crippen molar-refractivity contribution in [2.45, 2.75) is 33.1 Å². The summed E-state index contributed by atoms with van der Waals surface area (Å²) in [7, 11) is 0. The topological polar surface area (TPSA) is 251 Å². The SMILES string of the molecule is CCOC(=O)c1c(N2ON(c3ccc4nonc4c3Cl)c3c(-c4cc5nonc5cc4[N+](=O)[O-])c(-c4c(C(C)(C)C)cc5nonc5c4Br)cc(C#N)c32)ccc2nsnc12. The average molecular weight is 922 g/mol. The van der Waals surface area contributed by atoms with Gasteiger partial charge in [-0.25, -0.2) is 18.7 Å². The fourth-order valence-corrected chi connectivity index (χ4v) is 8.92. The van der Waals surface area contributed by atoms with E-state index in [0.29, 0.717) is 43.2 Å². The van der Waals surface area contributed by atoms with Crippen LogP contribution in [0.3, 0.4) is 0 Å². The van der Waals surface area contributed by atoms with Crippen LogP contribution < -0.4 is 10.1 Å². The summed E-state index contributed by atoms with van der Waals surface area (Å²) >= 11 is 11.8. The Hall–Kier alpha value is -7.19. The van der Waals surface area contributed by atoms with Gasteiger partial charge in [0.05, 0.1) is 55.3 Å². The summed E-state index contributed by atoms with van der Waals surface area (Å²) in [5, 5.41) is 51.1. The second-order valence-electron chi connectivity index (χ2n) is 14.5. The first kappa shape index (κ1) is 38.0. The highest BCUT2D eigenvalue weighted by Crippen LogP contribution is 2.59. The summed E-state index contributed by atoms with van der Waals surface area (Å²) in [6.07, 6.45) is 0. The Kier molecular flexibility index (Phi) is 8.70. The highest BCUT2D eigenvalue weighted by Gasteiger charge is 2.43. The number of nitrogens with zero attached hydrogens (tertiary/aromatic N) is 12. The molecule has 5 aromatic carbocycles. The number of carbonyl (C=O) groups excluding carboxylic acids is 1. The normalized spacial score (nSPS) is 12.9. The third-order valence-electron chi connectivity index (χ3n) is 10.0. The summed E-state index contributed by atoms with van der Waals surface area (Å²) < 4.78 is 29.9. The number of hydrogen-bond acceptors (Lipinski definition) is 20. The maximum atomic E-state index is 13.9. The van der Waals surface area contributed by atoms with Crippen molar-refractivity contribution in [1.29, 1.82) is 5.26 Å². The molecule has 4 aromatic heterocycles. The molecule has 0 atom stereocenters. The molecule has 0 amide bonds. The quantitative estimate of drug-likeness (QED) is 0.0819. The lowest BCUT2D eigenvalue weighted by Crippen LogP contribution is -2.23. The largest absolute Gasteiger partial charge is 0.462 e. The number of fused-ring (bicyclic) bond motifs is 5. The number of anilines is 4. The number of benzene rings is 5. The number of esters is 1. The van der Waals surface area contributed by atoms with Crippen molar-refractivity contribution in [1.82, 2.24) is 39.7 Å². The number of hydrogen-bond donors (Lipinski definition) is 0. The van der Waals surface area contributed by atoms with Gasteiger partial charge in [-0.15, -0.1) is 4.94 Å². The van der Waals surface area contributed by atoms with E-state index in [0.717, 1.165) is 11.7 Å². The summed E-state index contributed by atoms with van der Waals surface area (Å²) in [6, 6.07) is 14.8. The number of halogens is 2. The molecule has 0 spiro atoms. The van der Waals surface area contributed by atoms with E-state index in [9.17, 15) is 20.2 Å². The standard InChI is InChI=1S/C38H22BrClN12O8S/c1-5-56-37(53)29-24(8-7-20-32(29)49-61-48-20)50-35-15(14-41)10-17(28-18(38(2,3)4)12-23-33(30(28)39)46-59-45-23)27(16-11-21-22(44-57-43-21)13-26(16)52(54)55)36(35)51(60-50)25-9-6-19-34(31(25)40)47-58-42-19/h6-13H,5H2,1-4H3. The van der Waals surface area contributed by atoms with Crippen LogP contribution in [0.5, 0.6) is 0 Å². The van der Waals surface area contributed by atoms with E-state index < -0.39 is 22.0 Å². The Morgan fingerprint density at radius 3 is 2.26 bits per heavy atom. The molecule has 0 radical (unpaired) electrons. The van der Waals surface area contributed by atoms with E-state index in [2.05, 4.69) is 61.7 Å². The van der Waals surface area contributed by atoms with E-state index in [1.807, 2.05) is 20.8 Å². The van der Waals surface area contributed by atoms with Crippen molar-refractivity contribution < 1.29 is 33.3 Å². The highest BCUT2D eigenvalue weighted by molar-refractivity contribution is 9.10. The summed E-state index contributed by atoms with van der Waals surface area (Å²) in [6.45, 7) is 7.61. The third kappa shape index (κ3) is 5.76. The maximum absolute atomic E-state index is 13.9. The van der Waals surface area contributed by atoms with E-state index >= 15 is 0 Å². The van der Waals surface area contributed by atoms with Crippen LogP contribution in [0, 0.1) is 21.4 Å². The molecule has 0 saturated carbocycles. The Morgan fingerprint density at radius 2 is 1.52 bits per heavy atom. The van der Waals surface area contributed by atoms with Crippen molar-refractivity contribution >= 4 is 118 Å². The first-order valence-corrected chi connectivity index (χ1v) is 19.9. The van der Waals surface area contributed by atoms with Crippen LogP contribution in [0.2, 0.25) is 5.02 Å². The zero-order chi connectivity index (χ0) is 42.5. The lowest BCUT2D eigenvalue weighted by atomic mass is 9.79. The molecule has 61 heavy (non-hydrogen) atoms. The minimum Gasteiger partial charge on any atom is -0.462 e. The molecule has 20 nitrogen and oxygen atoms in total. The van der Waals surface area contributed by atoms with Gasteiger partial charge in [0.25, 0.3) is 5.69 Å². The minimum absolute atomic E-state index is 0.000158. The predicted octanol–water partition coefficient (Wildman–Crippen LogP) is 9.44. The average Bonchev–Trinajstić information content (AvgIpc) is 4.09. The van der Waals surface area contributed by atoms with Crippen molar-refractivity contribution in [2.24, 2.45) is 0 Å². The predicted molar refractivity (Wildman–Crippen MR) is 221 cm³/mol.